The van der Waals surface area contributed by atoms with Gasteiger partial charge in [0, 0.05) is 12.7 Å². The lowest BCUT2D eigenvalue weighted by molar-refractivity contribution is -0.158. The number of aliphatic carboxylic acids is 1. The maximum absolute atomic E-state index is 12.8. The van der Waals surface area contributed by atoms with Gasteiger partial charge in [0.25, 0.3) is 5.72 Å². The third-order valence-electron chi connectivity index (χ3n) is 2.86. The average Bonchev–Trinajstić information content (AvgIpc) is 2.73. The van der Waals surface area contributed by atoms with Crippen LogP contribution in [0.1, 0.15) is 0 Å². The van der Waals surface area contributed by atoms with Crippen molar-refractivity contribution in [1.82, 2.24) is 5.32 Å². The van der Waals surface area contributed by atoms with Crippen molar-refractivity contribution in [3.8, 4) is 0 Å². The van der Waals surface area contributed by atoms with Crippen LogP contribution in [0.15, 0.2) is 29.3 Å². The number of aliphatic imine (C=N–C) groups is 1. The molecule has 3 N–H and O–H groups in total. The minimum absolute atomic E-state index is 0.227. The summed E-state index contributed by atoms with van der Waals surface area (Å²) in [5.41, 5.74) is -1.27. The molecule has 0 radical (unpaired) electrons. The highest BCUT2D eigenvalue weighted by Gasteiger charge is 2.40. The van der Waals surface area contributed by atoms with Gasteiger partial charge in [-0.25, -0.2) is 9.18 Å². The second kappa shape index (κ2) is 4.85. The second-order valence-corrected chi connectivity index (χ2v) is 4.39. The number of likely N-dealkylation sites (N-methyl/N-ethyl adjacent to an activating group) is 1. The van der Waals surface area contributed by atoms with E-state index >= 15 is 0 Å². The Bertz CT molecular complexity index is 517. The molecule has 1 heterocycles. The highest BCUT2D eigenvalue weighted by molar-refractivity contribution is 5.94. The third kappa shape index (κ3) is 2.82. The Morgan fingerprint density at radius 3 is 2.68 bits per heavy atom. The van der Waals surface area contributed by atoms with Gasteiger partial charge in [-0.15, -0.1) is 0 Å². The zero-order valence-corrected chi connectivity index (χ0v) is 10.3. The molecule has 19 heavy (non-hydrogen) atoms. The third-order valence-corrected chi connectivity index (χ3v) is 2.86. The molecule has 0 amide bonds. The Labute approximate surface area is 109 Å². The SMILES string of the molecule is CN(CC1=NCC(O)(C(=O)O)N1)c1ccc(F)cc1. The lowest BCUT2D eigenvalue weighted by Crippen LogP contribution is -2.53. The number of carbonyl (C=O) groups is 1. The number of rotatable bonds is 4. The number of aliphatic hydroxyl groups is 1. The highest BCUT2D eigenvalue weighted by atomic mass is 19.1. The van der Waals surface area contributed by atoms with E-state index in [9.17, 15) is 14.3 Å². The van der Waals surface area contributed by atoms with Crippen molar-refractivity contribution in [2.24, 2.45) is 4.99 Å². The van der Waals surface area contributed by atoms with E-state index in [0.717, 1.165) is 5.69 Å². The number of nitrogens with zero attached hydrogens (tertiary/aromatic N) is 2. The van der Waals surface area contributed by atoms with Gasteiger partial charge in [0.1, 0.15) is 18.2 Å². The van der Waals surface area contributed by atoms with E-state index < -0.39 is 11.7 Å². The van der Waals surface area contributed by atoms with E-state index in [1.165, 1.54) is 12.1 Å². The molecule has 1 atom stereocenters. The molecule has 1 aromatic rings. The van der Waals surface area contributed by atoms with Gasteiger partial charge < -0.3 is 20.4 Å². The summed E-state index contributed by atoms with van der Waals surface area (Å²) in [5, 5.41) is 21.0. The van der Waals surface area contributed by atoms with Crippen molar-refractivity contribution in [2.45, 2.75) is 5.72 Å². The number of carboxylic acids is 1. The summed E-state index contributed by atoms with van der Waals surface area (Å²) < 4.78 is 12.8. The molecule has 6 nitrogen and oxygen atoms in total. The van der Waals surface area contributed by atoms with Crippen molar-refractivity contribution >= 4 is 17.5 Å². The molecular formula is C12H14FN3O3. The highest BCUT2D eigenvalue weighted by Crippen LogP contribution is 2.14. The maximum Gasteiger partial charge on any atom is 0.359 e. The molecule has 0 bridgehead atoms. The molecule has 0 aliphatic carbocycles. The van der Waals surface area contributed by atoms with Crippen molar-refractivity contribution in [1.29, 1.82) is 0 Å². The van der Waals surface area contributed by atoms with E-state index in [4.69, 9.17) is 5.11 Å². The Morgan fingerprint density at radius 1 is 1.53 bits per heavy atom. The molecule has 0 saturated heterocycles. The quantitative estimate of drug-likeness (QED) is 0.717. The maximum atomic E-state index is 12.8. The van der Waals surface area contributed by atoms with Crippen LogP contribution in [0.4, 0.5) is 10.1 Å². The summed E-state index contributed by atoms with van der Waals surface area (Å²) in [4.78, 5) is 16.5. The predicted molar refractivity (Wildman–Crippen MR) is 67.7 cm³/mol. The number of hydrogen-bond acceptors (Lipinski definition) is 5. The Balaban J connectivity index is 1.99. The molecule has 7 heteroatoms. The average molecular weight is 267 g/mol. The molecule has 1 aliphatic rings. The number of carboxylic acid groups (broad SMARTS) is 1. The first kappa shape index (κ1) is 13.3. The molecule has 1 unspecified atom stereocenters. The van der Waals surface area contributed by atoms with Crippen molar-refractivity contribution in [3.05, 3.63) is 30.1 Å². The van der Waals surface area contributed by atoms with E-state index in [1.807, 2.05) is 0 Å². The second-order valence-electron chi connectivity index (χ2n) is 4.39. The molecular weight excluding hydrogens is 253 g/mol. The van der Waals surface area contributed by atoms with Crippen LogP contribution in [0.5, 0.6) is 0 Å². The Hall–Kier alpha value is -2.15. The smallest absolute Gasteiger partial charge is 0.359 e. The van der Waals surface area contributed by atoms with E-state index in [2.05, 4.69) is 10.3 Å². The molecule has 0 aromatic heterocycles. The van der Waals surface area contributed by atoms with Crippen LogP contribution >= 0.6 is 0 Å². The van der Waals surface area contributed by atoms with Crippen molar-refractivity contribution in [2.75, 3.05) is 25.0 Å². The number of nitrogens with one attached hydrogen (secondary N) is 1. The van der Waals surface area contributed by atoms with Crippen molar-refractivity contribution in [3.63, 3.8) is 0 Å². The van der Waals surface area contributed by atoms with E-state index in [-0.39, 0.29) is 12.4 Å². The topological polar surface area (TPSA) is 85.2 Å². The summed E-state index contributed by atoms with van der Waals surface area (Å²) >= 11 is 0. The normalized spacial score (nSPS) is 21.7. The Kier molecular flexibility index (Phi) is 3.39. The van der Waals surface area contributed by atoms with Crippen LogP contribution in [0.2, 0.25) is 0 Å². The van der Waals surface area contributed by atoms with Gasteiger partial charge in [0.2, 0.25) is 0 Å². The van der Waals surface area contributed by atoms with Gasteiger partial charge in [0.15, 0.2) is 0 Å². The Morgan fingerprint density at radius 2 is 2.16 bits per heavy atom. The van der Waals surface area contributed by atoms with Crippen molar-refractivity contribution < 1.29 is 19.4 Å². The molecule has 2 rings (SSSR count). The summed E-state index contributed by atoms with van der Waals surface area (Å²) in [7, 11) is 1.76. The summed E-state index contributed by atoms with van der Waals surface area (Å²) in [6.07, 6.45) is 0. The lowest BCUT2D eigenvalue weighted by atomic mass is 10.2. The fourth-order valence-corrected chi connectivity index (χ4v) is 1.75. The fraction of sp³-hybridized carbons (Fsp3) is 0.333. The zero-order chi connectivity index (χ0) is 14.0. The lowest BCUT2D eigenvalue weighted by Gasteiger charge is -2.22. The predicted octanol–water partition coefficient (Wildman–Crippen LogP) is 0.0368. The van der Waals surface area contributed by atoms with Crippen LogP contribution < -0.4 is 10.2 Å². The van der Waals surface area contributed by atoms with Gasteiger partial charge in [-0.1, -0.05) is 0 Å². The minimum Gasteiger partial charge on any atom is -0.478 e. The number of hydrogen-bond donors (Lipinski definition) is 3. The minimum atomic E-state index is -2.03. The van der Waals surface area contributed by atoms with Gasteiger partial charge >= 0.3 is 5.97 Å². The molecule has 102 valence electrons. The summed E-state index contributed by atoms with van der Waals surface area (Å²) in [6.45, 7) is 0.0656. The van der Waals surface area contributed by atoms with Crippen LogP contribution in [0, 0.1) is 5.82 Å². The summed E-state index contributed by atoms with van der Waals surface area (Å²) in [5.74, 6) is -1.32. The number of anilines is 1. The number of benzene rings is 1. The van der Waals surface area contributed by atoms with Crippen LogP contribution in [0.25, 0.3) is 0 Å². The van der Waals surface area contributed by atoms with Gasteiger partial charge in [0.05, 0.1) is 6.54 Å². The largest absolute Gasteiger partial charge is 0.478 e. The first-order valence-electron chi connectivity index (χ1n) is 5.65. The standard InChI is InChI=1S/C12H14FN3O3/c1-16(9-4-2-8(13)3-5-9)6-10-14-7-12(19,15-10)11(17)18/h2-5,19H,6-7H2,1H3,(H,14,15)(H,17,18). The molecule has 0 spiro atoms. The number of halogens is 1. The van der Waals surface area contributed by atoms with E-state index in [1.54, 1.807) is 24.1 Å². The van der Waals surface area contributed by atoms with Gasteiger partial charge in [-0.05, 0) is 24.3 Å². The van der Waals surface area contributed by atoms with Gasteiger partial charge in [-0.2, -0.15) is 0 Å². The zero-order valence-electron chi connectivity index (χ0n) is 10.3. The first-order chi connectivity index (χ1) is 8.90. The van der Waals surface area contributed by atoms with Crippen LogP contribution in [-0.2, 0) is 4.79 Å². The monoisotopic (exact) mass is 267 g/mol. The van der Waals surface area contributed by atoms with Gasteiger partial charge in [-0.3, -0.25) is 4.99 Å². The first-order valence-corrected chi connectivity index (χ1v) is 5.65. The van der Waals surface area contributed by atoms with E-state index in [0.29, 0.717) is 12.4 Å². The fourth-order valence-electron chi connectivity index (χ4n) is 1.75. The summed E-state index contributed by atoms with van der Waals surface area (Å²) in [6, 6.07) is 5.88. The molecule has 1 aromatic carbocycles. The van der Waals surface area contributed by atoms with Crippen LogP contribution in [0.3, 0.4) is 0 Å². The molecule has 0 saturated carbocycles. The molecule has 1 aliphatic heterocycles. The number of amidine groups is 1. The van der Waals surface area contributed by atoms with Crippen LogP contribution in [-0.4, -0.2) is 47.9 Å². The molecule has 0 fully saturated rings.